The summed E-state index contributed by atoms with van der Waals surface area (Å²) in [5.41, 5.74) is 1.94. The predicted molar refractivity (Wildman–Crippen MR) is 239 cm³/mol. The number of carbonyl (C=O) groups excluding carboxylic acids is 3. The summed E-state index contributed by atoms with van der Waals surface area (Å²) < 4.78 is 17.7. The van der Waals surface area contributed by atoms with Crippen LogP contribution < -0.4 is 14.2 Å². The number of ether oxygens (including phenoxy) is 3. The Hall–Kier alpha value is -9.84. The molecule has 0 aliphatic carbocycles. The van der Waals surface area contributed by atoms with Crippen LogP contribution in [-0.2, 0) is 0 Å². The number of carbonyl (C=O) groups is 3. The maximum absolute atomic E-state index is 12.9. The van der Waals surface area contributed by atoms with Crippen molar-refractivity contribution in [1.29, 1.82) is 0 Å². The van der Waals surface area contributed by atoms with Crippen molar-refractivity contribution in [2.45, 2.75) is 0 Å². The number of nitro groups is 3. The summed E-state index contributed by atoms with van der Waals surface area (Å²) in [6.45, 7) is 0. The predicted octanol–water partition coefficient (Wildman–Crippen LogP) is 10.7. The minimum atomic E-state index is -0.529. The van der Waals surface area contributed by atoms with Crippen molar-refractivity contribution in [3.63, 3.8) is 0 Å². The second kappa shape index (κ2) is 20.4. The van der Waals surface area contributed by atoms with Crippen LogP contribution in [0.3, 0.4) is 0 Å². The minimum absolute atomic E-state index is 0.112. The second-order valence-electron chi connectivity index (χ2n) is 13.7. The van der Waals surface area contributed by atoms with Crippen LogP contribution in [0.1, 0.15) is 47.8 Å². The molecule has 0 saturated heterocycles. The van der Waals surface area contributed by atoms with Gasteiger partial charge in [0.2, 0.25) is 0 Å². The average molecular weight is 883 g/mol. The van der Waals surface area contributed by atoms with E-state index in [0.29, 0.717) is 16.7 Å². The summed E-state index contributed by atoms with van der Waals surface area (Å²) in [6.07, 6.45) is 8.24. The summed E-state index contributed by atoms with van der Waals surface area (Å²) in [5, 5.41) is 33.3. The molecule has 0 atom stereocenters. The van der Waals surface area contributed by atoms with E-state index >= 15 is 0 Å². The molecular weight excluding hydrogens is 853 g/mol. The third kappa shape index (κ3) is 12.0. The van der Waals surface area contributed by atoms with E-state index in [0.717, 1.165) is 0 Å². The Labute approximate surface area is 372 Å². The molecule has 18 heteroatoms. The van der Waals surface area contributed by atoms with Gasteiger partial charge in [0.25, 0.3) is 17.1 Å². The fourth-order valence-electron chi connectivity index (χ4n) is 5.87. The third-order valence-corrected chi connectivity index (χ3v) is 9.14. The van der Waals surface area contributed by atoms with E-state index in [4.69, 9.17) is 14.2 Å². The quantitative estimate of drug-likeness (QED) is 0.0336. The molecule has 0 amide bonds. The van der Waals surface area contributed by atoms with Crippen LogP contribution in [0, 0.1) is 30.3 Å². The molecular formula is C48H30N6O12. The molecule has 0 spiro atoms. The largest absolute Gasteiger partial charge is 0.424 e. The molecule has 0 unspecified atom stereocenters. The van der Waals surface area contributed by atoms with Crippen LogP contribution in [0.4, 0.5) is 17.1 Å². The van der Waals surface area contributed by atoms with Gasteiger partial charge in [-0.05, 0) is 108 Å². The standard InChI is InChI=1S/C48H30N6O12/c55-43(25-10-31-4-1-7-37(28-31)52(58)59)34-13-19-40(20-14-34)64-46-49-47(65-41-21-15-35(16-22-41)44(56)26-11-32-5-2-8-38(29-32)53(60)61)51-48(50-46)66-42-23-17-36(18-24-42)45(57)27-12-33-6-3-9-39(30-33)54(62)63/h1-30H/b25-10+,26-11+,27-12+. The van der Waals surface area contributed by atoms with Gasteiger partial charge in [-0.15, -0.1) is 15.0 Å². The van der Waals surface area contributed by atoms with Crippen LogP contribution >= 0.6 is 0 Å². The van der Waals surface area contributed by atoms with Gasteiger partial charge in [-0.1, -0.05) is 54.6 Å². The first-order chi connectivity index (χ1) is 31.8. The number of allylic oxidation sites excluding steroid dienone is 3. The lowest BCUT2D eigenvalue weighted by atomic mass is 10.1. The number of nitro benzene ring substituents is 3. The first-order valence-electron chi connectivity index (χ1n) is 19.4. The van der Waals surface area contributed by atoms with Gasteiger partial charge in [-0.2, -0.15) is 0 Å². The van der Waals surface area contributed by atoms with E-state index in [1.807, 2.05) is 0 Å². The molecule has 6 aromatic carbocycles. The fraction of sp³-hybridized carbons (Fsp3) is 0. The van der Waals surface area contributed by atoms with Crippen molar-refractivity contribution in [3.05, 3.63) is 228 Å². The van der Waals surface area contributed by atoms with Gasteiger partial charge in [-0.3, -0.25) is 44.7 Å². The van der Waals surface area contributed by atoms with E-state index in [2.05, 4.69) is 15.0 Å². The molecule has 0 radical (unpaired) electrons. The van der Waals surface area contributed by atoms with E-state index in [9.17, 15) is 44.7 Å². The Morgan fingerprint density at radius 1 is 0.394 bits per heavy atom. The van der Waals surface area contributed by atoms with Crippen LogP contribution in [0.15, 0.2) is 164 Å². The molecule has 7 aromatic rings. The van der Waals surface area contributed by atoms with E-state index in [-0.39, 0.29) is 86.4 Å². The smallest absolute Gasteiger partial charge is 0.331 e. The molecule has 0 N–H and O–H groups in total. The van der Waals surface area contributed by atoms with Crippen LogP contribution in [-0.4, -0.2) is 47.1 Å². The summed E-state index contributed by atoms with van der Waals surface area (Å²) in [7, 11) is 0. The van der Waals surface area contributed by atoms with E-state index in [1.165, 1.54) is 164 Å². The molecule has 0 aliphatic heterocycles. The molecule has 0 fully saturated rings. The van der Waals surface area contributed by atoms with Crippen molar-refractivity contribution in [1.82, 2.24) is 15.0 Å². The van der Waals surface area contributed by atoms with Gasteiger partial charge in [-0.25, -0.2) is 0 Å². The van der Waals surface area contributed by atoms with E-state index < -0.39 is 14.8 Å². The molecule has 7 rings (SSSR count). The highest BCUT2D eigenvalue weighted by Gasteiger charge is 2.15. The highest BCUT2D eigenvalue weighted by molar-refractivity contribution is 6.08. The van der Waals surface area contributed by atoms with Crippen molar-refractivity contribution in [2.24, 2.45) is 0 Å². The van der Waals surface area contributed by atoms with Gasteiger partial charge >= 0.3 is 18.0 Å². The van der Waals surface area contributed by atoms with E-state index in [1.54, 1.807) is 18.2 Å². The maximum Gasteiger partial charge on any atom is 0.331 e. The zero-order valence-electron chi connectivity index (χ0n) is 33.9. The lowest BCUT2D eigenvalue weighted by Gasteiger charge is -2.10. The SMILES string of the molecule is O=C(/C=C/c1cccc([N+](=O)[O-])c1)c1ccc(Oc2nc(Oc3ccc(C(=O)/C=C/c4cccc([N+](=O)[O-])c4)cc3)nc(Oc3ccc(C(=O)/C=C/c4cccc([N+](=O)[O-])c4)cc3)n2)cc1. The average Bonchev–Trinajstić information content (AvgIpc) is 3.32. The highest BCUT2D eigenvalue weighted by atomic mass is 16.6. The number of nitrogens with zero attached hydrogens (tertiary/aromatic N) is 6. The molecule has 66 heavy (non-hydrogen) atoms. The summed E-state index contributed by atoms with van der Waals surface area (Å²) in [6, 6.07) is 34.6. The number of benzene rings is 6. The minimum Gasteiger partial charge on any atom is -0.424 e. The lowest BCUT2D eigenvalue weighted by molar-refractivity contribution is -0.385. The van der Waals surface area contributed by atoms with Crippen LogP contribution in [0.2, 0.25) is 0 Å². The topological polar surface area (TPSA) is 247 Å². The number of hydrogen-bond donors (Lipinski definition) is 0. The van der Waals surface area contributed by atoms with Gasteiger partial charge < -0.3 is 14.2 Å². The highest BCUT2D eigenvalue weighted by Crippen LogP contribution is 2.28. The maximum atomic E-state index is 12.9. The zero-order chi connectivity index (χ0) is 46.6. The van der Waals surface area contributed by atoms with Crippen LogP contribution in [0.5, 0.6) is 35.3 Å². The van der Waals surface area contributed by atoms with Gasteiger partial charge in [0.05, 0.1) is 14.8 Å². The molecule has 1 aromatic heterocycles. The Bertz CT molecular complexity index is 2750. The molecule has 0 aliphatic rings. The van der Waals surface area contributed by atoms with Crippen molar-refractivity contribution >= 4 is 52.6 Å². The molecule has 18 nitrogen and oxygen atoms in total. The Balaban J connectivity index is 1.08. The normalized spacial score (nSPS) is 11.1. The van der Waals surface area contributed by atoms with Crippen molar-refractivity contribution in [3.8, 4) is 35.3 Å². The summed E-state index contributed by atoms with van der Waals surface area (Å²) in [4.78, 5) is 83.2. The van der Waals surface area contributed by atoms with Crippen molar-refractivity contribution in [2.75, 3.05) is 0 Å². The molecule has 1 heterocycles. The Morgan fingerprint density at radius 2 is 0.652 bits per heavy atom. The number of non-ortho nitro benzene ring substituents is 3. The Morgan fingerprint density at radius 3 is 0.894 bits per heavy atom. The van der Waals surface area contributed by atoms with Crippen molar-refractivity contribution < 1.29 is 43.4 Å². The van der Waals surface area contributed by atoms with Gasteiger partial charge in [0.15, 0.2) is 17.3 Å². The second-order valence-corrected chi connectivity index (χ2v) is 13.7. The summed E-state index contributed by atoms with van der Waals surface area (Å²) in [5.74, 6) is -0.510. The molecule has 0 bridgehead atoms. The number of hydrogen-bond acceptors (Lipinski definition) is 15. The first-order valence-corrected chi connectivity index (χ1v) is 19.4. The number of aromatic nitrogens is 3. The van der Waals surface area contributed by atoms with Gasteiger partial charge in [0.1, 0.15) is 17.2 Å². The zero-order valence-corrected chi connectivity index (χ0v) is 33.9. The number of ketones is 3. The molecule has 324 valence electrons. The fourth-order valence-corrected chi connectivity index (χ4v) is 5.87. The van der Waals surface area contributed by atoms with Gasteiger partial charge in [0, 0.05) is 53.1 Å². The number of rotatable bonds is 18. The van der Waals surface area contributed by atoms with Crippen LogP contribution in [0.25, 0.3) is 18.2 Å². The lowest BCUT2D eigenvalue weighted by Crippen LogP contribution is -2.02. The third-order valence-electron chi connectivity index (χ3n) is 9.14. The summed E-state index contributed by atoms with van der Waals surface area (Å²) >= 11 is 0. The first kappa shape index (κ1) is 44.2. The monoisotopic (exact) mass is 882 g/mol. The molecule has 0 saturated carbocycles. The Kier molecular flexibility index (Phi) is 13.6.